The second-order valence-electron chi connectivity index (χ2n) is 4.84. The predicted octanol–water partition coefficient (Wildman–Crippen LogP) is 1.84. The lowest BCUT2D eigenvalue weighted by atomic mass is 10.0. The van der Waals surface area contributed by atoms with Crippen LogP contribution in [0.5, 0.6) is 0 Å². The van der Waals surface area contributed by atoms with E-state index in [2.05, 4.69) is 10.3 Å². The summed E-state index contributed by atoms with van der Waals surface area (Å²) in [5.74, 6) is 0. The average molecular weight is 258 g/mol. The SMILES string of the molecule is NC(c1cnnn1-c1ccccc1)C1CCCCO1. The first-order chi connectivity index (χ1) is 9.36. The molecular weight excluding hydrogens is 240 g/mol. The van der Waals surface area contributed by atoms with Gasteiger partial charge in [0.2, 0.25) is 0 Å². The molecule has 1 aromatic carbocycles. The van der Waals surface area contributed by atoms with Crippen molar-refractivity contribution in [2.24, 2.45) is 5.73 Å². The Morgan fingerprint density at radius 2 is 2.11 bits per heavy atom. The van der Waals surface area contributed by atoms with Crippen molar-refractivity contribution in [3.8, 4) is 5.69 Å². The minimum atomic E-state index is -0.185. The molecule has 1 aliphatic heterocycles. The number of para-hydroxylation sites is 1. The number of hydrogen-bond donors (Lipinski definition) is 1. The van der Waals surface area contributed by atoms with Gasteiger partial charge in [0, 0.05) is 6.61 Å². The van der Waals surface area contributed by atoms with Gasteiger partial charge >= 0.3 is 0 Å². The third-order valence-corrected chi connectivity index (χ3v) is 3.53. The van der Waals surface area contributed by atoms with E-state index in [0.717, 1.165) is 30.8 Å². The van der Waals surface area contributed by atoms with Crippen molar-refractivity contribution in [1.29, 1.82) is 0 Å². The molecule has 2 unspecified atom stereocenters. The van der Waals surface area contributed by atoms with E-state index in [-0.39, 0.29) is 12.1 Å². The summed E-state index contributed by atoms with van der Waals surface area (Å²) in [4.78, 5) is 0. The van der Waals surface area contributed by atoms with Gasteiger partial charge in [-0.3, -0.25) is 0 Å². The number of benzene rings is 1. The first-order valence-corrected chi connectivity index (χ1v) is 6.69. The molecule has 0 bridgehead atoms. The summed E-state index contributed by atoms with van der Waals surface area (Å²) >= 11 is 0. The fourth-order valence-corrected chi connectivity index (χ4v) is 2.48. The van der Waals surface area contributed by atoms with Crippen LogP contribution in [0.2, 0.25) is 0 Å². The van der Waals surface area contributed by atoms with Gasteiger partial charge in [-0.1, -0.05) is 23.4 Å². The molecule has 1 fully saturated rings. The molecular formula is C14H18N4O. The molecule has 0 radical (unpaired) electrons. The maximum absolute atomic E-state index is 6.33. The molecule has 3 rings (SSSR count). The number of nitrogens with two attached hydrogens (primary N) is 1. The highest BCUT2D eigenvalue weighted by atomic mass is 16.5. The molecule has 2 heterocycles. The Kier molecular flexibility index (Phi) is 3.57. The van der Waals surface area contributed by atoms with E-state index in [0.29, 0.717) is 0 Å². The van der Waals surface area contributed by atoms with Crippen LogP contribution in [0.25, 0.3) is 5.69 Å². The van der Waals surface area contributed by atoms with Crippen molar-refractivity contribution in [2.75, 3.05) is 6.61 Å². The molecule has 2 aromatic rings. The standard InChI is InChI=1S/C14H18N4O/c15-14(13-8-4-5-9-19-13)12-10-16-17-18(12)11-6-2-1-3-7-11/h1-3,6-7,10,13-14H,4-5,8-9,15H2. The first-order valence-electron chi connectivity index (χ1n) is 6.69. The molecule has 5 nitrogen and oxygen atoms in total. The number of ether oxygens (including phenoxy) is 1. The zero-order valence-corrected chi connectivity index (χ0v) is 10.8. The quantitative estimate of drug-likeness (QED) is 0.912. The summed E-state index contributed by atoms with van der Waals surface area (Å²) in [6.45, 7) is 0.797. The topological polar surface area (TPSA) is 66.0 Å². The van der Waals surface area contributed by atoms with E-state index in [1.54, 1.807) is 10.9 Å². The van der Waals surface area contributed by atoms with Crippen molar-refractivity contribution in [3.63, 3.8) is 0 Å². The minimum Gasteiger partial charge on any atom is -0.376 e. The number of hydrogen-bond acceptors (Lipinski definition) is 4. The van der Waals surface area contributed by atoms with E-state index < -0.39 is 0 Å². The molecule has 19 heavy (non-hydrogen) atoms. The van der Waals surface area contributed by atoms with E-state index in [1.807, 2.05) is 30.3 Å². The Morgan fingerprint density at radius 1 is 1.26 bits per heavy atom. The highest BCUT2D eigenvalue weighted by molar-refractivity contribution is 5.32. The van der Waals surface area contributed by atoms with Crippen molar-refractivity contribution in [1.82, 2.24) is 15.0 Å². The molecule has 1 aliphatic rings. The Morgan fingerprint density at radius 3 is 2.84 bits per heavy atom. The average Bonchev–Trinajstić information content (AvgIpc) is 2.98. The fraction of sp³-hybridized carbons (Fsp3) is 0.429. The highest BCUT2D eigenvalue weighted by Gasteiger charge is 2.26. The van der Waals surface area contributed by atoms with Gasteiger partial charge in [-0.2, -0.15) is 0 Å². The lowest BCUT2D eigenvalue weighted by Gasteiger charge is -2.27. The van der Waals surface area contributed by atoms with E-state index >= 15 is 0 Å². The Hall–Kier alpha value is -1.72. The van der Waals surface area contributed by atoms with Crippen LogP contribution >= 0.6 is 0 Å². The van der Waals surface area contributed by atoms with Crippen LogP contribution in [0.15, 0.2) is 36.5 Å². The zero-order valence-electron chi connectivity index (χ0n) is 10.8. The summed E-state index contributed by atoms with van der Waals surface area (Å²) in [6.07, 6.45) is 5.09. The van der Waals surface area contributed by atoms with Crippen molar-refractivity contribution < 1.29 is 4.74 Å². The maximum Gasteiger partial charge on any atom is 0.0839 e. The lowest BCUT2D eigenvalue weighted by molar-refractivity contribution is -0.00119. The molecule has 5 heteroatoms. The number of rotatable bonds is 3. The minimum absolute atomic E-state index is 0.0645. The lowest BCUT2D eigenvalue weighted by Crippen LogP contribution is -2.33. The van der Waals surface area contributed by atoms with Crippen LogP contribution in [0, 0.1) is 0 Å². The van der Waals surface area contributed by atoms with Crippen LogP contribution in [0.3, 0.4) is 0 Å². The third-order valence-electron chi connectivity index (χ3n) is 3.53. The summed E-state index contributed by atoms with van der Waals surface area (Å²) < 4.78 is 7.55. The molecule has 0 aliphatic carbocycles. The first kappa shape index (κ1) is 12.3. The molecule has 1 saturated heterocycles. The van der Waals surface area contributed by atoms with Gasteiger partial charge in [-0.15, -0.1) is 5.10 Å². The Labute approximate surface area is 112 Å². The van der Waals surface area contributed by atoms with Gasteiger partial charge in [-0.05, 0) is 31.4 Å². The fourth-order valence-electron chi connectivity index (χ4n) is 2.48. The van der Waals surface area contributed by atoms with E-state index in [9.17, 15) is 0 Å². The molecule has 0 saturated carbocycles. The van der Waals surface area contributed by atoms with Gasteiger partial charge in [0.1, 0.15) is 0 Å². The largest absolute Gasteiger partial charge is 0.376 e. The predicted molar refractivity (Wildman–Crippen MR) is 71.9 cm³/mol. The molecule has 100 valence electrons. The van der Waals surface area contributed by atoms with Crippen LogP contribution < -0.4 is 5.73 Å². The molecule has 2 atom stereocenters. The smallest absolute Gasteiger partial charge is 0.0839 e. The Bertz CT molecular complexity index is 519. The summed E-state index contributed by atoms with van der Waals surface area (Å²) in [7, 11) is 0. The highest BCUT2D eigenvalue weighted by Crippen LogP contribution is 2.25. The Balaban J connectivity index is 1.87. The van der Waals surface area contributed by atoms with Crippen LogP contribution in [-0.2, 0) is 4.74 Å². The van der Waals surface area contributed by atoms with Gasteiger partial charge in [0.25, 0.3) is 0 Å². The molecule has 0 spiro atoms. The van der Waals surface area contributed by atoms with Gasteiger partial charge in [0.05, 0.1) is 29.7 Å². The summed E-state index contributed by atoms with van der Waals surface area (Å²) in [5, 5.41) is 8.13. The van der Waals surface area contributed by atoms with Gasteiger partial charge < -0.3 is 10.5 Å². The van der Waals surface area contributed by atoms with Gasteiger partial charge in [-0.25, -0.2) is 4.68 Å². The normalized spacial score (nSPS) is 21.2. The molecule has 0 amide bonds. The van der Waals surface area contributed by atoms with Gasteiger partial charge in [0.15, 0.2) is 0 Å². The molecule has 2 N–H and O–H groups in total. The summed E-state index contributed by atoms with van der Waals surface area (Å²) in [5.41, 5.74) is 8.20. The van der Waals surface area contributed by atoms with Crippen LogP contribution in [0.1, 0.15) is 31.0 Å². The molecule has 1 aromatic heterocycles. The van der Waals surface area contributed by atoms with E-state index in [1.165, 1.54) is 6.42 Å². The van der Waals surface area contributed by atoms with Crippen molar-refractivity contribution in [2.45, 2.75) is 31.4 Å². The number of nitrogens with zero attached hydrogens (tertiary/aromatic N) is 3. The second-order valence-corrected chi connectivity index (χ2v) is 4.84. The van der Waals surface area contributed by atoms with Crippen LogP contribution in [0.4, 0.5) is 0 Å². The summed E-state index contributed by atoms with van der Waals surface area (Å²) in [6, 6.07) is 9.73. The second kappa shape index (κ2) is 5.50. The van der Waals surface area contributed by atoms with Crippen LogP contribution in [-0.4, -0.2) is 27.7 Å². The van der Waals surface area contributed by atoms with Crippen molar-refractivity contribution in [3.05, 3.63) is 42.2 Å². The zero-order chi connectivity index (χ0) is 13.1. The maximum atomic E-state index is 6.33. The monoisotopic (exact) mass is 258 g/mol. The van der Waals surface area contributed by atoms with Crippen molar-refractivity contribution >= 4 is 0 Å². The third kappa shape index (κ3) is 2.52. The van der Waals surface area contributed by atoms with E-state index in [4.69, 9.17) is 10.5 Å². The number of aromatic nitrogens is 3.